The molecule has 0 saturated heterocycles. The van der Waals surface area contributed by atoms with Gasteiger partial charge in [-0.25, -0.2) is 0 Å². The van der Waals surface area contributed by atoms with Crippen molar-refractivity contribution in [2.24, 2.45) is 0 Å². The zero-order valence-corrected chi connectivity index (χ0v) is 13.9. The van der Waals surface area contributed by atoms with E-state index in [2.05, 4.69) is 66.8 Å². The molecule has 82 valence electrons. The van der Waals surface area contributed by atoms with Crippen molar-refractivity contribution in [3.63, 3.8) is 0 Å². The summed E-state index contributed by atoms with van der Waals surface area (Å²) >= 11 is 0. The molecule has 0 heterocycles. The smallest absolute Gasteiger partial charge is 0.0206 e. The first-order chi connectivity index (χ1) is 7.71. The van der Waals surface area contributed by atoms with Gasteiger partial charge >= 0.3 is 0 Å². The molecule has 1 aromatic carbocycles. The predicted molar refractivity (Wildman–Crippen MR) is 80.1 cm³/mol. The van der Waals surface area contributed by atoms with Gasteiger partial charge in [0.25, 0.3) is 0 Å². The fraction of sp³-hybridized carbons (Fsp3) is 0.143. The molecule has 0 N–H and O–H groups in total. The minimum absolute atomic E-state index is 0.344. The van der Waals surface area contributed by atoms with E-state index >= 15 is 0 Å². The Morgan fingerprint density at radius 3 is 2.56 bits per heavy atom. The van der Waals surface area contributed by atoms with Crippen LogP contribution in [-0.2, 0) is 0 Å². The SMILES string of the molecule is [SiH3]C1C=CC=CC1([SiH3])C=Cc1ccccc1. The Hall–Kier alpha value is -1.13. The van der Waals surface area contributed by atoms with Crippen molar-refractivity contribution < 1.29 is 0 Å². The van der Waals surface area contributed by atoms with E-state index in [0.717, 1.165) is 5.54 Å². The normalized spacial score (nSPS) is 29.1. The van der Waals surface area contributed by atoms with E-state index in [1.807, 2.05) is 0 Å². The number of rotatable bonds is 2. The number of benzene rings is 1. The summed E-state index contributed by atoms with van der Waals surface area (Å²) in [6.45, 7) is 0. The summed E-state index contributed by atoms with van der Waals surface area (Å²) in [5, 5.41) is 0.344. The molecule has 1 aliphatic carbocycles. The average molecular weight is 242 g/mol. The van der Waals surface area contributed by atoms with Crippen LogP contribution in [0.1, 0.15) is 5.56 Å². The Morgan fingerprint density at radius 1 is 1.12 bits per heavy atom. The van der Waals surface area contributed by atoms with Crippen molar-refractivity contribution >= 4 is 26.6 Å². The molecule has 1 aromatic rings. The van der Waals surface area contributed by atoms with E-state index in [-0.39, 0.29) is 0 Å². The van der Waals surface area contributed by atoms with Crippen molar-refractivity contribution in [3.8, 4) is 0 Å². The van der Waals surface area contributed by atoms with Gasteiger partial charge in [0.15, 0.2) is 0 Å². The molecular formula is C14H18Si2. The Labute approximate surface area is 104 Å². The molecule has 0 radical (unpaired) electrons. The first-order valence-corrected chi connectivity index (χ1v) is 7.96. The number of hydrogen-bond donors (Lipinski definition) is 0. The third-order valence-corrected chi connectivity index (χ3v) is 7.74. The molecule has 0 fully saturated rings. The predicted octanol–water partition coefficient (Wildman–Crippen LogP) is 1.50. The second kappa shape index (κ2) is 4.81. The quantitative estimate of drug-likeness (QED) is 0.690. The van der Waals surface area contributed by atoms with Crippen LogP contribution < -0.4 is 0 Å². The monoisotopic (exact) mass is 242 g/mol. The van der Waals surface area contributed by atoms with Crippen LogP contribution in [0, 0.1) is 0 Å². The zero-order valence-electron chi connectivity index (χ0n) is 9.93. The molecule has 2 atom stereocenters. The minimum atomic E-state index is 0.344. The minimum Gasteiger partial charge on any atom is -0.0842 e. The summed E-state index contributed by atoms with van der Waals surface area (Å²) in [5.41, 5.74) is 2.05. The van der Waals surface area contributed by atoms with Gasteiger partial charge in [-0.15, -0.1) is 0 Å². The first kappa shape index (κ1) is 11.4. The van der Waals surface area contributed by atoms with Crippen molar-refractivity contribution in [2.45, 2.75) is 10.6 Å². The van der Waals surface area contributed by atoms with E-state index in [0.29, 0.717) is 5.04 Å². The summed E-state index contributed by atoms with van der Waals surface area (Å²) in [6.07, 6.45) is 13.8. The lowest BCUT2D eigenvalue weighted by atomic mass is 9.97. The lowest BCUT2D eigenvalue weighted by Crippen LogP contribution is -2.15. The summed E-state index contributed by atoms with van der Waals surface area (Å²) < 4.78 is 0. The molecular weight excluding hydrogens is 224 g/mol. The zero-order chi connectivity index (χ0) is 11.4. The van der Waals surface area contributed by atoms with Crippen molar-refractivity contribution in [1.82, 2.24) is 0 Å². The highest BCUT2D eigenvalue weighted by atomic mass is 28.2. The third kappa shape index (κ3) is 2.51. The molecule has 0 nitrogen and oxygen atoms in total. The van der Waals surface area contributed by atoms with E-state index in [1.54, 1.807) is 0 Å². The lowest BCUT2D eigenvalue weighted by molar-refractivity contribution is 0.848. The second-order valence-electron chi connectivity index (χ2n) is 4.64. The van der Waals surface area contributed by atoms with Crippen LogP contribution in [0.5, 0.6) is 0 Å². The van der Waals surface area contributed by atoms with Gasteiger partial charge in [-0.2, -0.15) is 0 Å². The fourth-order valence-electron chi connectivity index (χ4n) is 1.90. The van der Waals surface area contributed by atoms with E-state index in [4.69, 9.17) is 0 Å². The van der Waals surface area contributed by atoms with Crippen LogP contribution in [0.25, 0.3) is 6.08 Å². The first-order valence-electron chi connectivity index (χ1n) is 5.81. The van der Waals surface area contributed by atoms with Gasteiger partial charge in [0.05, 0.1) is 0 Å². The van der Waals surface area contributed by atoms with Crippen LogP contribution in [0.2, 0.25) is 10.6 Å². The maximum Gasteiger partial charge on any atom is 0.0206 e. The third-order valence-electron chi connectivity index (χ3n) is 3.38. The molecule has 0 saturated carbocycles. The van der Waals surface area contributed by atoms with Crippen LogP contribution in [0.4, 0.5) is 0 Å². The summed E-state index contributed by atoms with van der Waals surface area (Å²) in [4.78, 5) is 0. The summed E-state index contributed by atoms with van der Waals surface area (Å²) in [5.74, 6) is 0. The van der Waals surface area contributed by atoms with Gasteiger partial charge in [0.2, 0.25) is 0 Å². The van der Waals surface area contributed by atoms with Crippen LogP contribution >= 0.6 is 0 Å². The summed E-state index contributed by atoms with van der Waals surface area (Å²) in [6, 6.07) is 10.6. The Balaban J connectivity index is 2.18. The van der Waals surface area contributed by atoms with Crippen LogP contribution in [-0.4, -0.2) is 20.5 Å². The fourth-order valence-corrected chi connectivity index (χ4v) is 3.06. The molecule has 0 bridgehead atoms. The van der Waals surface area contributed by atoms with Gasteiger partial charge in [0, 0.05) is 20.5 Å². The second-order valence-corrected chi connectivity index (χ2v) is 7.62. The highest BCUT2D eigenvalue weighted by Gasteiger charge is 2.24. The molecule has 1 aliphatic rings. The molecule has 0 amide bonds. The summed E-state index contributed by atoms with van der Waals surface area (Å²) in [7, 11) is 2.41. The Morgan fingerprint density at radius 2 is 1.88 bits per heavy atom. The topological polar surface area (TPSA) is 0 Å². The molecule has 0 aromatic heterocycles. The number of allylic oxidation sites excluding steroid dienone is 5. The van der Waals surface area contributed by atoms with Crippen LogP contribution in [0.15, 0.2) is 60.7 Å². The Bertz CT molecular complexity index is 431. The Kier molecular flexibility index (Phi) is 3.41. The number of hydrogen-bond acceptors (Lipinski definition) is 0. The molecule has 16 heavy (non-hydrogen) atoms. The van der Waals surface area contributed by atoms with Gasteiger partial charge < -0.3 is 0 Å². The average Bonchev–Trinajstić information content (AvgIpc) is 2.32. The largest absolute Gasteiger partial charge is 0.0842 e. The van der Waals surface area contributed by atoms with Crippen molar-refractivity contribution in [2.75, 3.05) is 0 Å². The highest BCUT2D eigenvalue weighted by molar-refractivity contribution is 6.27. The van der Waals surface area contributed by atoms with Gasteiger partial charge in [-0.3, -0.25) is 0 Å². The highest BCUT2D eigenvalue weighted by Crippen LogP contribution is 2.41. The lowest BCUT2D eigenvalue weighted by Gasteiger charge is -2.29. The molecule has 0 spiro atoms. The molecule has 2 rings (SSSR count). The van der Waals surface area contributed by atoms with Crippen molar-refractivity contribution in [3.05, 3.63) is 66.3 Å². The standard InChI is InChI=1S/C14H18Si2/c15-13-8-4-5-10-14(13,16)11-9-12-6-2-1-3-7-12/h1-11,13H,15-16H3. The molecule has 2 unspecified atom stereocenters. The van der Waals surface area contributed by atoms with Crippen LogP contribution in [0.3, 0.4) is 0 Å². The maximum atomic E-state index is 2.40. The van der Waals surface area contributed by atoms with E-state index in [9.17, 15) is 0 Å². The van der Waals surface area contributed by atoms with E-state index in [1.165, 1.54) is 26.0 Å². The van der Waals surface area contributed by atoms with Crippen molar-refractivity contribution in [1.29, 1.82) is 0 Å². The van der Waals surface area contributed by atoms with Gasteiger partial charge in [-0.1, -0.05) is 66.8 Å². The maximum absolute atomic E-state index is 2.40. The molecule has 2 heteroatoms. The van der Waals surface area contributed by atoms with Gasteiger partial charge in [-0.05, 0) is 16.1 Å². The molecule has 0 aliphatic heterocycles. The van der Waals surface area contributed by atoms with Gasteiger partial charge in [0.1, 0.15) is 0 Å². The van der Waals surface area contributed by atoms with E-state index < -0.39 is 0 Å².